The molecule has 0 saturated heterocycles. The molecule has 34 heavy (non-hydrogen) atoms. The summed E-state index contributed by atoms with van der Waals surface area (Å²) < 4.78 is 0. The summed E-state index contributed by atoms with van der Waals surface area (Å²) in [6.45, 7) is 3.33. The quantitative estimate of drug-likeness (QED) is 0.287. The van der Waals surface area contributed by atoms with Crippen molar-refractivity contribution in [2.24, 2.45) is 0 Å². The minimum Gasteiger partial charge on any atom is -0.369 e. The van der Waals surface area contributed by atoms with E-state index in [1.807, 2.05) is 49.5 Å². The molecule has 0 amide bonds. The second-order valence-corrected chi connectivity index (χ2v) is 8.37. The molecule has 0 bridgehead atoms. The maximum absolute atomic E-state index is 4.84. The maximum Gasteiger partial charge on any atom is 0.145 e. The topological polar surface area (TPSA) is 53.1 Å². The number of hydrogen-bond acceptors (Lipinski definition) is 5. The van der Waals surface area contributed by atoms with E-state index in [0.29, 0.717) is 6.54 Å². The van der Waals surface area contributed by atoms with Gasteiger partial charge in [0.1, 0.15) is 11.6 Å². The van der Waals surface area contributed by atoms with Crippen LogP contribution in [-0.2, 0) is 13.1 Å². The molecule has 0 radical (unpaired) electrons. The van der Waals surface area contributed by atoms with Crippen LogP contribution in [0.5, 0.6) is 0 Å². The molecule has 0 aliphatic carbocycles. The smallest absolute Gasteiger partial charge is 0.145 e. The van der Waals surface area contributed by atoms with Crippen LogP contribution >= 0.6 is 0 Å². The van der Waals surface area contributed by atoms with Crippen LogP contribution in [0.15, 0.2) is 78.9 Å². The number of para-hydroxylation sites is 1. The van der Waals surface area contributed by atoms with E-state index in [1.54, 1.807) is 0 Å². The standard InChI is InChI=1S/C29H31N5/c1-30-19-8-20-31-29-26-11-6-7-12-27(26)32-28(33-29)22-34(2)21-25-17-15-24(16-18-25)14-13-23-9-4-3-5-10-23/h3-7,9-12,15-18,30H,8,19-22H2,1-2H3,(H,31,32,33). The van der Waals surface area contributed by atoms with Gasteiger partial charge in [0.25, 0.3) is 0 Å². The molecule has 0 spiro atoms. The maximum atomic E-state index is 4.84. The van der Waals surface area contributed by atoms with Crippen LogP contribution in [0.4, 0.5) is 5.82 Å². The Hall–Kier alpha value is -3.72. The van der Waals surface area contributed by atoms with Gasteiger partial charge < -0.3 is 10.6 Å². The van der Waals surface area contributed by atoms with Gasteiger partial charge in [0.2, 0.25) is 0 Å². The monoisotopic (exact) mass is 449 g/mol. The van der Waals surface area contributed by atoms with E-state index >= 15 is 0 Å². The Labute approximate surface area is 202 Å². The van der Waals surface area contributed by atoms with E-state index in [4.69, 9.17) is 9.97 Å². The molecule has 4 aromatic rings. The highest BCUT2D eigenvalue weighted by molar-refractivity contribution is 5.88. The Kier molecular flexibility index (Phi) is 8.23. The van der Waals surface area contributed by atoms with Gasteiger partial charge in [0, 0.05) is 29.6 Å². The molecule has 0 aliphatic heterocycles. The summed E-state index contributed by atoms with van der Waals surface area (Å²) >= 11 is 0. The van der Waals surface area contributed by atoms with Crippen molar-refractivity contribution in [2.45, 2.75) is 19.5 Å². The first-order valence-corrected chi connectivity index (χ1v) is 11.7. The highest BCUT2D eigenvalue weighted by atomic mass is 15.1. The highest BCUT2D eigenvalue weighted by Gasteiger charge is 2.10. The average Bonchev–Trinajstić information content (AvgIpc) is 2.87. The second-order valence-electron chi connectivity index (χ2n) is 8.37. The van der Waals surface area contributed by atoms with Crippen LogP contribution in [0.1, 0.15) is 28.9 Å². The number of benzene rings is 3. The summed E-state index contributed by atoms with van der Waals surface area (Å²) in [4.78, 5) is 11.9. The van der Waals surface area contributed by atoms with Gasteiger partial charge in [-0.15, -0.1) is 0 Å². The number of rotatable bonds is 9. The average molecular weight is 450 g/mol. The Morgan fingerprint density at radius 3 is 2.24 bits per heavy atom. The summed E-state index contributed by atoms with van der Waals surface area (Å²) in [5, 5.41) is 7.74. The molecule has 3 aromatic carbocycles. The van der Waals surface area contributed by atoms with Gasteiger partial charge >= 0.3 is 0 Å². The first kappa shape index (κ1) is 23.4. The molecular formula is C29H31N5. The van der Waals surface area contributed by atoms with Gasteiger partial charge in [0.15, 0.2) is 0 Å². The predicted molar refractivity (Wildman–Crippen MR) is 141 cm³/mol. The van der Waals surface area contributed by atoms with E-state index < -0.39 is 0 Å². The molecule has 0 fully saturated rings. The number of aromatic nitrogens is 2. The minimum atomic E-state index is 0.672. The van der Waals surface area contributed by atoms with Crippen LogP contribution in [0, 0.1) is 11.8 Å². The summed E-state index contributed by atoms with van der Waals surface area (Å²) in [7, 11) is 4.07. The summed E-state index contributed by atoms with van der Waals surface area (Å²) in [6.07, 6.45) is 1.04. The third-order valence-electron chi connectivity index (χ3n) is 5.49. The lowest BCUT2D eigenvalue weighted by Gasteiger charge is -2.17. The zero-order chi connectivity index (χ0) is 23.6. The third kappa shape index (κ3) is 6.64. The minimum absolute atomic E-state index is 0.672. The molecule has 2 N–H and O–H groups in total. The van der Waals surface area contributed by atoms with Crippen LogP contribution in [-0.4, -0.2) is 42.1 Å². The van der Waals surface area contributed by atoms with E-state index in [0.717, 1.165) is 59.7 Å². The van der Waals surface area contributed by atoms with Crippen LogP contribution in [0.25, 0.3) is 10.9 Å². The molecular weight excluding hydrogens is 418 g/mol. The zero-order valence-electron chi connectivity index (χ0n) is 19.9. The first-order chi connectivity index (χ1) is 16.7. The van der Waals surface area contributed by atoms with Crippen molar-refractivity contribution in [3.8, 4) is 11.8 Å². The lowest BCUT2D eigenvalue weighted by Crippen LogP contribution is -2.20. The van der Waals surface area contributed by atoms with Gasteiger partial charge in [-0.2, -0.15) is 0 Å². The Morgan fingerprint density at radius 1 is 0.765 bits per heavy atom. The molecule has 0 atom stereocenters. The fourth-order valence-corrected chi connectivity index (χ4v) is 3.77. The number of anilines is 1. The van der Waals surface area contributed by atoms with Crippen molar-refractivity contribution in [2.75, 3.05) is 32.5 Å². The Balaban J connectivity index is 1.41. The normalized spacial score (nSPS) is 10.8. The molecule has 0 unspecified atom stereocenters. The molecule has 5 nitrogen and oxygen atoms in total. The molecule has 4 rings (SSSR count). The van der Waals surface area contributed by atoms with Crippen molar-refractivity contribution in [3.05, 3.63) is 101 Å². The van der Waals surface area contributed by atoms with Crippen LogP contribution < -0.4 is 10.6 Å². The fraction of sp³-hybridized carbons (Fsp3) is 0.241. The SMILES string of the molecule is CNCCCNc1nc(CN(C)Cc2ccc(C#Cc3ccccc3)cc2)nc2ccccc12. The molecule has 5 heteroatoms. The fourth-order valence-electron chi connectivity index (χ4n) is 3.77. The molecule has 1 heterocycles. The third-order valence-corrected chi connectivity index (χ3v) is 5.49. The van der Waals surface area contributed by atoms with Gasteiger partial charge in [-0.3, -0.25) is 4.90 Å². The Morgan fingerprint density at radius 2 is 1.47 bits per heavy atom. The van der Waals surface area contributed by atoms with E-state index in [9.17, 15) is 0 Å². The van der Waals surface area contributed by atoms with Gasteiger partial charge in [-0.05, 0) is 69.0 Å². The van der Waals surface area contributed by atoms with Crippen molar-refractivity contribution in [3.63, 3.8) is 0 Å². The second kappa shape index (κ2) is 11.9. The van der Waals surface area contributed by atoms with Crippen molar-refractivity contribution < 1.29 is 0 Å². The van der Waals surface area contributed by atoms with E-state index in [1.165, 1.54) is 5.56 Å². The van der Waals surface area contributed by atoms with Crippen LogP contribution in [0.2, 0.25) is 0 Å². The number of nitrogens with one attached hydrogen (secondary N) is 2. The molecule has 0 saturated carbocycles. The van der Waals surface area contributed by atoms with Gasteiger partial charge in [-0.1, -0.05) is 54.3 Å². The first-order valence-electron chi connectivity index (χ1n) is 11.7. The predicted octanol–water partition coefficient (Wildman–Crippen LogP) is 4.68. The van der Waals surface area contributed by atoms with Crippen molar-refractivity contribution in [1.29, 1.82) is 0 Å². The van der Waals surface area contributed by atoms with Crippen molar-refractivity contribution in [1.82, 2.24) is 20.2 Å². The molecule has 1 aromatic heterocycles. The van der Waals surface area contributed by atoms with E-state index in [2.05, 4.69) is 70.8 Å². The van der Waals surface area contributed by atoms with Crippen LogP contribution in [0.3, 0.4) is 0 Å². The number of nitrogens with zero attached hydrogens (tertiary/aromatic N) is 3. The van der Waals surface area contributed by atoms with E-state index in [-0.39, 0.29) is 0 Å². The largest absolute Gasteiger partial charge is 0.369 e. The molecule has 0 aliphatic rings. The Bertz CT molecular complexity index is 1260. The lowest BCUT2D eigenvalue weighted by atomic mass is 10.1. The van der Waals surface area contributed by atoms with Gasteiger partial charge in [0.05, 0.1) is 12.1 Å². The summed E-state index contributed by atoms with van der Waals surface area (Å²) in [5.74, 6) is 8.17. The lowest BCUT2D eigenvalue weighted by molar-refractivity contribution is 0.311. The molecule has 172 valence electrons. The summed E-state index contributed by atoms with van der Waals surface area (Å²) in [5.41, 5.74) is 4.25. The zero-order valence-corrected chi connectivity index (χ0v) is 19.9. The van der Waals surface area contributed by atoms with Gasteiger partial charge in [-0.25, -0.2) is 9.97 Å². The number of hydrogen-bond donors (Lipinski definition) is 2. The number of fused-ring (bicyclic) bond motifs is 1. The van der Waals surface area contributed by atoms with Crippen molar-refractivity contribution >= 4 is 16.7 Å². The highest BCUT2D eigenvalue weighted by Crippen LogP contribution is 2.21. The summed E-state index contributed by atoms with van der Waals surface area (Å²) in [6, 6.07) is 26.7.